The molecule has 0 heterocycles. The van der Waals surface area contributed by atoms with Crippen LogP contribution in [0.15, 0.2) is 24.3 Å². The number of ether oxygens (including phenoxy) is 1. The van der Waals surface area contributed by atoms with Gasteiger partial charge in [-0.3, -0.25) is 4.79 Å². The number of carbonyl (C=O) groups excluding carboxylic acids is 1. The minimum atomic E-state index is -1.04. The lowest BCUT2D eigenvalue weighted by molar-refractivity contribution is -0.150. The average molecular weight is 277 g/mol. The summed E-state index contributed by atoms with van der Waals surface area (Å²) < 4.78 is 16.9. The normalized spacial score (nSPS) is 25.4. The Labute approximate surface area is 109 Å². The first-order valence-corrected chi connectivity index (χ1v) is 5.90. The van der Waals surface area contributed by atoms with Crippen molar-refractivity contribution in [2.24, 2.45) is 5.41 Å². The first kappa shape index (κ1) is 12.7. The molecule has 1 saturated carbocycles. The molecule has 0 amide bonds. The zero-order chi connectivity index (χ0) is 12.7. The number of rotatable bonds is 3. The number of alkyl halides is 2. The van der Waals surface area contributed by atoms with E-state index in [0.29, 0.717) is 12.0 Å². The van der Waals surface area contributed by atoms with Crippen molar-refractivity contribution in [2.45, 2.75) is 24.3 Å². The number of hydrogen-bond donors (Lipinski definition) is 0. The Morgan fingerprint density at radius 2 is 2.18 bits per heavy atom. The van der Waals surface area contributed by atoms with Gasteiger partial charge in [0.15, 0.2) is 0 Å². The molecular weight excluding hydrogens is 266 g/mol. The molecule has 0 aliphatic heterocycles. The second-order valence-corrected chi connectivity index (χ2v) is 5.90. The van der Waals surface area contributed by atoms with Gasteiger partial charge in [0.25, 0.3) is 0 Å². The summed E-state index contributed by atoms with van der Waals surface area (Å²) in [4.78, 5) is 11.7. The van der Waals surface area contributed by atoms with Crippen LogP contribution in [-0.4, -0.2) is 10.3 Å². The molecule has 0 spiro atoms. The van der Waals surface area contributed by atoms with Crippen molar-refractivity contribution in [2.75, 3.05) is 0 Å². The molecule has 92 valence electrons. The number of carbonyl (C=O) groups is 1. The SMILES string of the molecule is CC1(C(=O)OCc2cccc(F)c2)CC1(Cl)Cl. The van der Waals surface area contributed by atoms with Gasteiger partial charge in [-0.05, 0) is 24.6 Å². The Hall–Kier alpha value is -0.800. The Kier molecular flexibility index (Phi) is 3.08. The monoisotopic (exact) mass is 276 g/mol. The second-order valence-electron chi connectivity index (χ2n) is 4.42. The van der Waals surface area contributed by atoms with Crippen molar-refractivity contribution in [3.05, 3.63) is 35.6 Å². The highest BCUT2D eigenvalue weighted by Gasteiger charge is 2.69. The topological polar surface area (TPSA) is 26.3 Å². The highest BCUT2D eigenvalue weighted by atomic mass is 35.5. The summed E-state index contributed by atoms with van der Waals surface area (Å²) in [5.41, 5.74) is -0.249. The first-order chi connectivity index (χ1) is 7.85. The molecule has 1 aliphatic rings. The van der Waals surface area contributed by atoms with Gasteiger partial charge in [0.2, 0.25) is 0 Å². The maximum Gasteiger partial charge on any atom is 0.315 e. The predicted octanol–water partition coefficient (Wildman–Crippen LogP) is 3.45. The van der Waals surface area contributed by atoms with Crippen LogP contribution in [0.1, 0.15) is 18.9 Å². The van der Waals surface area contributed by atoms with Gasteiger partial charge < -0.3 is 4.74 Å². The van der Waals surface area contributed by atoms with E-state index in [2.05, 4.69) is 0 Å². The fourth-order valence-electron chi connectivity index (χ4n) is 1.56. The minimum Gasteiger partial charge on any atom is -0.460 e. The van der Waals surface area contributed by atoms with Crippen LogP contribution in [0.5, 0.6) is 0 Å². The summed E-state index contributed by atoms with van der Waals surface area (Å²) in [5, 5.41) is 0. The summed E-state index contributed by atoms with van der Waals surface area (Å²) in [5.74, 6) is -0.813. The maximum absolute atomic E-state index is 12.9. The van der Waals surface area contributed by atoms with Crippen molar-refractivity contribution in [3.63, 3.8) is 0 Å². The summed E-state index contributed by atoms with van der Waals surface area (Å²) in [6, 6.07) is 5.89. The molecule has 1 unspecified atom stereocenters. The Bertz CT molecular complexity index is 462. The highest BCUT2D eigenvalue weighted by Crippen LogP contribution is 2.64. The van der Waals surface area contributed by atoms with Gasteiger partial charge >= 0.3 is 5.97 Å². The minimum absolute atomic E-state index is 0.0239. The van der Waals surface area contributed by atoms with E-state index in [1.807, 2.05) is 0 Å². The molecule has 1 atom stereocenters. The van der Waals surface area contributed by atoms with Gasteiger partial charge in [-0.15, -0.1) is 23.2 Å². The number of esters is 1. The third kappa shape index (κ3) is 2.40. The van der Waals surface area contributed by atoms with E-state index < -0.39 is 15.7 Å². The van der Waals surface area contributed by atoms with Crippen molar-refractivity contribution in [1.29, 1.82) is 0 Å². The van der Waals surface area contributed by atoms with Crippen LogP contribution in [0.2, 0.25) is 0 Å². The molecule has 2 nitrogen and oxygen atoms in total. The Balaban J connectivity index is 1.94. The van der Waals surface area contributed by atoms with E-state index in [1.165, 1.54) is 12.1 Å². The van der Waals surface area contributed by atoms with E-state index >= 15 is 0 Å². The molecular formula is C12H11Cl2FO2. The summed E-state index contributed by atoms with van der Waals surface area (Å²) >= 11 is 11.7. The Morgan fingerprint density at radius 1 is 1.53 bits per heavy atom. The van der Waals surface area contributed by atoms with Crippen LogP contribution in [0.3, 0.4) is 0 Å². The number of hydrogen-bond acceptors (Lipinski definition) is 2. The van der Waals surface area contributed by atoms with Gasteiger partial charge in [0.1, 0.15) is 22.2 Å². The van der Waals surface area contributed by atoms with Gasteiger partial charge in [-0.1, -0.05) is 12.1 Å². The molecule has 1 aliphatic carbocycles. The summed E-state index contributed by atoms with van der Waals surface area (Å²) in [7, 11) is 0. The zero-order valence-electron chi connectivity index (χ0n) is 9.17. The summed E-state index contributed by atoms with van der Waals surface area (Å²) in [6.45, 7) is 1.68. The van der Waals surface area contributed by atoms with Gasteiger partial charge in [-0.25, -0.2) is 4.39 Å². The van der Waals surface area contributed by atoms with E-state index in [-0.39, 0.29) is 12.4 Å². The number of benzene rings is 1. The van der Waals surface area contributed by atoms with Crippen molar-refractivity contribution in [3.8, 4) is 0 Å². The second kappa shape index (κ2) is 4.14. The summed E-state index contributed by atoms with van der Waals surface area (Å²) in [6.07, 6.45) is 0.380. The van der Waals surface area contributed by atoms with E-state index in [0.717, 1.165) is 0 Å². The fraction of sp³-hybridized carbons (Fsp3) is 0.417. The lowest BCUT2D eigenvalue weighted by Crippen LogP contribution is -2.21. The molecule has 0 saturated heterocycles. The quantitative estimate of drug-likeness (QED) is 0.624. The number of halogens is 3. The molecule has 2 rings (SSSR count). The third-order valence-electron chi connectivity index (χ3n) is 2.97. The molecule has 1 fully saturated rings. The fourth-order valence-corrected chi connectivity index (χ4v) is 2.25. The smallest absolute Gasteiger partial charge is 0.315 e. The lowest BCUT2D eigenvalue weighted by atomic mass is 10.1. The molecule has 0 N–H and O–H groups in total. The third-order valence-corrected chi connectivity index (χ3v) is 4.07. The van der Waals surface area contributed by atoms with Crippen molar-refractivity contribution in [1.82, 2.24) is 0 Å². The van der Waals surface area contributed by atoms with Gasteiger partial charge in [0.05, 0.1) is 0 Å². The van der Waals surface area contributed by atoms with Gasteiger partial charge in [-0.2, -0.15) is 0 Å². The molecule has 5 heteroatoms. The largest absolute Gasteiger partial charge is 0.460 e. The van der Waals surface area contributed by atoms with Crippen LogP contribution in [0, 0.1) is 11.2 Å². The van der Waals surface area contributed by atoms with E-state index in [4.69, 9.17) is 27.9 Å². The Morgan fingerprint density at radius 3 is 2.71 bits per heavy atom. The van der Waals surface area contributed by atoms with Crippen LogP contribution >= 0.6 is 23.2 Å². The molecule has 1 aromatic rings. The maximum atomic E-state index is 12.9. The predicted molar refractivity (Wildman–Crippen MR) is 63.4 cm³/mol. The van der Waals surface area contributed by atoms with Crippen molar-refractivity contribution >= 4 is 29.2 Å². The zero-order valence-corrected chi connectivity index (χ0v) is 10.7. The highest BCUT2D eigenvalue weighted by molar-refractivity contribution is 6.53. The lowest BCUT2D eigenvalue weighted by Gasteiger charge is -2.11. The standard InChI is InChI=1S/C12H11Cl2FO2/c1-11(7-12(11,13)14)10(16)17-6-8-3-2-4-9(15)5-8/h2-5H,6-7H2,1H3. The first-order valence-electron chi connectivity index (χ1n) is 5.15. The molecule has 0 bridgehead atoms. The van der Waals surface area contributed by atoms with E-state index in [1.54, 1.807) is 19.1 Å². The van der Waals surface area contributed by atoms with Crippen LogP contribution in [-0.2, 0) is 16.1 Å². The van der Waals surface area contributed by atoms with Gasteiger partial charge in [0, 0.05) is 6.42 Å². The van der Waals surface area contributed by atoms with Crippen LogP contribution in [0.4, 0.5) is 4.39 Å². The molecule has 17 heavy (non-hydrogen) atoms. The van der Waals surface area contributed by atoms with Crippen molar-refractivity contribution < 1.29 is 13.9 Å². The van der Waals surface area contributed by atoms with Crippen LogP contribution < -0.4 is 0 Å². The van der Waals surface area contributed by atoms with E-state index in [9.17, 15) is 9.18 Å². The molecule has 0 radical (unpaired) electrons. The molecule has 1 aromatic carbocycles. The average Bonchev–Trinajstić information content (AvgIpc) is 2.76. The molecule has 0 aromatic heterocycles. The van der Waals surface area contributed by atoms with Crippen LogP contribution in [0.25, 0.3) is 0 Å².